The summed E-state index contributed by atoms with van der Waals surface area (Å²) in [5.74, 6) is -0.0583. The Hall–Kier alpha value is -2.13. The first-order chi connectivity index (χ1) is 13.4. The number of hydrogen-bond acceptors (Lipinski definition) is 6. The number of nitrogens with zero attached hydrogens (tertiary/aromatic N) is 1. The quantitative estimate of drug-likeness (QED) is 0.662. The maximum Gasteiger partial charge on any atom is 0.340 e. The molecule has 150 valence electrons. The van der Waals surface area contributed by atoms with Crippen LogP contribution in [-0.4, -0.2) is 52.1 Å². The van der Waals surface area contributed by atoms with E-state index in [0.717, 1.165) is 5.56 Å². The minimum absolute atomic E-state index is 0.00102. The average Bonchev–Trinajstić information content (AvgIpc) is 2.73. The van der Waals surface area contributed by atoms with Crippen molar-refractivity contribution < 1.29 is 27.4 Å². The summed E-state index contributed by atoms with van der Waals surface area (Å²) in [4.78, 5) is 12.5. The first-order valence-electron chi connectivity index (χ1n) is 8.59. The molecule has 0 bridgehead atoms. The van der Waals surface area contributed by atoms with E-state index in [1.54, 1.807) is 31.4 Å². The van der Waals surface area contributed by atoms with Gasteiger partial charge in [-0.2, -0.15) is 4.31 Å². The molecule has 0 aliphatic carbocycles. The van der Waals surface area contributed by atoms with Gasteiger partial charge in [-0.3, -0.25) is 0 Å². The van der Waals surface area contributed by atoms with E-state index in [0.29, 0.717) is 19.0 Å². The predicted octanol–water partition coefficient (Wildman–Crippen LogP) is 2.73. The van der Waals surface area contributed by atoms with Gasteiger partial charge in [-0.05, 0) is 35.9 Å². The number of carbonyl (C=O) groups excluding carboxylic acids is 1. The van der Waals surface area contributed by atoms with E-state index in [4.69, 9.17) is 25.8 Å². The standard InChI is InChI=1S/C19H20ClNO6S/c1-25-15-4-2-3-14(11-15)13-27-19(22)17-12-16(5-6-18(17)20)28(23,24)21-7-9-26-10-8-21/h2-6,11-12H,7-10,13H2,1H3. The molecule has 0 aromatic heterocycles. The minimum Gasteiger partial charge on any atom is -0.497 e. The lowest BCUT2D eigenvalue weighted by Gasteiger charge is -2.26. The molecule has 1 aliphatic heterocycles. The number of esters is 1. The number of halogens is 1. The van der Waals surface area contributed by atoms with E-state index >= 15 is 0 Å². The van der Waals surface area contributed by atoms with Crippen LogP contribution < -0.4 is 4.74 Å². The van der Waals surface area contributed by atoms with Gasteiger partial charge in [-0.25, -0.2) is 13.2 Å². The van der Waals surface area contributed by atoms with Crippen LogP contribution in [0.4, 0.5) is 0 Å². The van der Waals surface area contributed by atoms with Gasteiger partial charge in [-0.1, -0.05) is 23.7 Å². The number of rotatable bonds is 6. The molecule has 28 heavy (non-hydrogen) atoms. The molecular weight excluding hydrogens is 406 g/mol. The van der Waals surface area contributed by atoms with Crippen molar-refractivity contribution in [2.24, 2.45) is 0 Å². The summed E-state index contributed by atoms with van der Waals surface area (Å²) in [6.45, 7) is 1.21. The number of benzene rings is 2. The second kappa shape index (κ2) is 8.91. The van der Waals surface area contributed by atoms with Crippen molar-refractivity contribution in [3.63, 3.8) is 0 Å². The fourth-order valence-electron chi connectivity index (χ4n) is 2.75. The van der Waals surface area contributed by atoms with Crippen LogP contribution in [0.5, 0.6) is 5.75 Å². The van der Waals surface area contributed by atoms with Gasteiger partial charge in [0.05, 0.1) is 35.8 Å². The van der Waals surface area contributed by atoms with E-state index in [1.807, 2.05) is 0 Å². The maximum atomic E-state index is 12.8. The van der Waals surface area contributed by atoms with Crippen LogP contribution in [0.25, 0.3) is 0 Å². The van der Waals surface area contributed by atoms with Crippen LogP contribution in [0, 0.1) is 0 Å². The normalized spacial score (nSPS) is 15.2. The second-order valence-corrected chi connectivity index (χ2v) is 8.43. The van der Waals surface area contributed by atoms with Crippen molar-refractivity contribution in [2.75, 3.05) is 33.4 Å². The molecule has 1 aliphatic rings. The van der Waals surface area contributed by atoms with E-state index in [-0.39, 0.29) is 35.2 Å². The molecule has 7 nitrogen and oxygen atoms in total. The molecule has 2 aromatic rings. The summed E-state index contributed by atoms with van der Waals surface area (Å²) in [5, 5.41) is 0.122. The Bertz CT molecular complexity index is 957. The zero-order valence-electron chi connectivity index (χ0n) is 15.3. The lowest BCUT2D eigenvalue weighted by atomic mass is 10.2. The first-order valence-corrected chi connectivity index (χ1v) is 10.4. The number of sulfonamides is 1. The van der Waals surface area contributed by atoms with Crippen LogP contribution in [0.15, 0.2) is 47.4 Å². The Labute approximate surface area is 168 Å². The molecule has 1 fully saturated rings. The molecule has 9 heteroatoms. The van der Waals surface area contributed by atoms with Crippen molar-refractivity contribution >= 4 is 27.6 Å². The molecule has 2 aromatic carbocycles. The fraction of sp³-hybridized carbons (Fsp3) is 0.316. The van der Waals surface area contributed by atoms with Crippen LogP contribution in [0.2, 0.25) is 5.02 Å². The summed E-state index contributed by atoms with van der Waals surface area (Å²) in [7, 11) is -2.19. The fourth-order valence-corrected chi connectivity index (χ4v) is 4.38. The molecule has 0 amide bonds. The molecule has 0 atom stereocenters. The predicted molar refractivity (Wildman–Crippen MR) is 103 cm³/mol. The molecule has 0 radical (unpaired) electrons. The Morgan fingerprint density at radius 2 is 1.93 bits per heavy atom. The third kappa shape index (κ3) is 4.64. The number of hydrogen-bond donors (Lipinski definition) is 0. The topological polar surface area (TPSA) is 82.1 Å². The van der Waals surface area contributed by atoms with Gasteiger partial charge < -0.3 is 14.2 Å². The number of morpholine rings is 1. The zero-order valence-corrected chi connectivity index (χ0v) is 16.8. The molecule has 0 spiro atoms. The molecule has 3 rings (SSSR count). The molecule has 0 N–H and O–H groups in total. The highest BCUT2D eigenvalue weighted by atomic mass is 35.5. The molecule has 1 heterocycles. The van der Waals surface area contributed by atoms with Crippen LogP contribution in [-0.2, 0) is 26.1 Å². The summed E-state index contributed by atoms with van der Waals surface area (Å²) in [5.41, 5.74) is 0.736. The molecular formula is C19H20ClNO6S. The van der Waals surface area contributed by atoms with Gasteiger partial charge in [-0.15, -0.1) is 0 Å². The van der Waals surface area contributed by atoms with Crippen LogP contribution >= 0.6 is 11.6 Å². The van der Waals surface area contributed by atoms with E-state index in [2.05, 4.69) is 0 Å². The molecule has 0 unspecified atom stereocenters. The zero-order chi connectivity index (χ0) is 20.1. The van der Waals surface area contributed by atoms with Gasteiger partial charge in [0.25, 0.3) is 0 Å². The number of methoxy groups -OCH3 is 1. The lowest BCUT2D eigenvalue weighted by Crippen LogP contribution is -2.40. The van der Waals surface area contributed by atoms with Gasteiger partial charge in [0.15, 0.2) is 0 Å². The smallest absolute Gasteiger partial charge is 0.340 e. The van der Waals surface area contributed by atoms with Gasteiger partial charge in [0, 0.05) is 13.1 Å². The van der Waals surface area contributed by atoms with Crippen molar-refractivity contribution in [2.45, 2.75) is 11.5 Å². The average molecular weight is 426 g/mol. The SMILES string of the molecule is COc1cccc(COC(=O)c2cc(S(=O)(=O)N3CCOCC3)ccc2Cl)c1. The van der Waals surface area contributed by atoms with Gasteiger partial charge in [0.2, 0.25) is 10.0 Å². The number of ether oxygens (including phenoxy) is 3. The number of carbonyl (C=O) groups is 1. The largest absolute Gasteiger partial charge is 0.497 e. The monoisotopic (exact) mass is 425 g/mol. The van der Waals surface area contributed by atoms with E-state index in [9.17, 15) is 13.2 Å². The van der Waals surface area contributed by atoms with E-state index < -0.39 is 16.0 Å². The highest BCUT2D eigenvalue weighted by Crippen LogP contribution is 2.25. The maximum absolute atomic E-state index is 12.8. The van der Waals surface area contributed by atoms with Crippen molar-refractivity contribution in [1.82, 2.24) is 4.31 Å². The van der Waals surface area contributed by atoms with Gasteiger partial charge in [0.1, 0.15) is 12.4 Å². The third-order valence-electron chi connectivity index (χ3n) is 4.27. The van der Waals surface area contributed by atoms with Crippen molar-refractivity contribution in [3.05, 3.63) is 58.6 Å². The first kappa shape index (κ1) is 20.6. The third-order valence-corrected chi connectivity index (χ3v) is 6.49. The Kier molecular flexibility index (Phi) is 6.56. The Morgan fingerprint density at radius 3 is 2.64 bits per heavy atom. The Balaban J connectivity index is 1.77. The Morgan fingerprint density at radius 1 is 1.18 bits per heavy atom. The van der Waals surface area contributed by atoms with Crippen molar-refractivity contribution in [1.29, 1.82) is 0 Å². The van der Waals surface area contributed by atoms with E-state index in [1.165, 1.54) is 22.5 Å². The minimum atomic E-state index is -3.74. The second-order valence-electron chi connectivity index (χ2n) is 6.09. The summed E-state index contributed by atoms with van der Waals surface area (Å²) in [6.07, 6.45) is 0. The highest BCUT2D eigenvalue weighted by molar-refractivity contribution is 7.89. The summed E-state index contributed by atoms with van der Waals surface area (Å²) < 4.78 is 42.5. The summed E-state index contributed by atoms with van der Waals surface area (Å²) >= 11 is 6.11. The van der Waals surface area contributed by atoms with Gasteiger partial charge >= 0.3 is 5.97 Å². The molecule has 0 saturated carbocycles. The van der Waals surface area contributed by atoms with Crippen LogP contribution in [0.1, 0.15) is 15.9 Å². The molecule has 1 saturated heterocycles. The van der Waals surface area contributed by atoms with Crippen LogP contribution in [0.3, 0.4) is 0 Å². The highest BCUT2D eigenvalue weighted by Gasteiger charge is 2.27. The van der Waals surface area contributed by atoms with Crippen molar-refractivity contribution in [3.8, 4) is 5.75 Å². The summed E-state index contributed by atoms with van der Waals surface area (Å²) in [6, 6.07) is 11.1. The lowest BCUT2D eigenvalue weighted by molar-refractivity contribution is 0.0472.